The summed E-state index contributed by atoms with van der Waals surface area (Å²) in [5.74, 6) is 1.45. The lowest BCUT2D eigenvalue weighted by molar-refractivity contribution is 0.0134. The number of benzene rings is 1. The van der Waals surface area contributed by atoms with Crippen molar-refractivity contribution in [1.29, 1.82) is 0 Å². The van der Waals surface area contributed by atoms with Gasteiger partial charge in [0.25, 0.3) is 5.56 Å². The van der Waals surface area contributed by atoms with Crippen molar-refractivity contribution >= 4 is 22.4 Å². The zero-order chi connectivity index (χ0) is 21.5. The van der Waals surface area contributed by atoms with Crippen molar-refractivity contribution < 1.29 is 9.47 Å². The van der Waals surface area contributed by atoms with Crippen LogP contribution in [0, 0.1) is 11.3 Å². The standard InChI is InChI=1S/C25H33ClN2O3/c26-21-14-20-18(3-10-28-23(20)29)13-22(21)31-19-1-6-24(7-2-19,16-25(27)8-9-25)15-17-4-11-30-12-5-17/h3,10,13-14,17,19H,1-2,4-9,11-12,15-16,27H2,(H,28,29)/t19-,24-. The molecule has 0 bridgehead atoms. The molecule has 0 amide bonds. The smallest absolute Gasteiger partial charge is 0.255 e. The van der Waals surface area contributed by atoms with Gasteiger partial charge >= 0.3 is 0 Å². The van der Waals surface area contributed by atoms with Crippen molar-refractivity contribution in [1.82, 2.24) is 4.98 Å². The first kappa shape index (κ1) is 21.3. The fourth-order valence-electron chi connectivity index (χ4n) is 5.88. The topological polar surface area (TPSA) is 77.3 Å². The van der Waals surface area contributed by atoms with Gasteiger partial charge in [-0.15, -0.1) is 0 Å². The number of aromatic amines is 1. The summed E-state index contributed by atoms with van der Waals surface area (Å²) in [6, 6.07) is 5.50. The van der Waals surface area contributed by atoms with E-state index in [0.29, 0.717) is 21.6 Å². The minimum atomic E-state index is -0.127. The predicted octanol–water partition coefficient (Wildman–Crippen LogP) is 5.19. The number of ether oxygens (including phenoxy) is 2. The first-order chi connectivity index (χ1) is 14.9. The molecular weight excluding hydrogens is 412 g/mol. The Morgan fingerprint density at radius 1 is 1.13 bits per heavy atom. The van der Waals surface area contributed by atoms with Gasteiger partial charge in [0.15, 0.2) is 0 Å². The Kier molecular flexibility index (Phi) is 5.78. The van der Waals surface area contributed by atoms with Crippen molar-refractivity contribution in [3.63, 3.8) is 0 Å². The summed E-state index contributed by atoms with van der Waals surface area (Å²) in [4.78, 5) is 14.7. The molecule has 31 heavy (non-hydrogen) atoms. The number of nitrogens with one attached hydrogen (secondary N) is 1. The maximum Gasteiger partial charge on any atom is 0.255 e. The Morgan fingerprint density at radius 2 is 1.87 bits per heavy atom. The Morgan fingerprint density at radius 3 is 2.58 bits per heavy atom. The molecule has 0 unspecified atom stereocenters. The number of hydrogen-bond acceptors (Lipinski definition) is 4. The summed E-state index contributed by atoms with van der Waals surface area (Å²) in [6.07, 6.45) is 13.4. The highest BCUT2D eigenvalue weighted by Crippen LogP contribution is 2.53. The molecule has 2 saturated carbocycles. The van der Waals surface area contributed by atoms with Crippen LogP contribution in [0.3, 0.4) is 0 Å². The number of hydrogen-bond donors (Lipinski definition) is 2. The van der Waals surface area contributed by atoms with E-state index in [1.165, 1.54) is 44.9 Å². The van der Waals surface area contributed by atoms with Gasteiger partial charge in [-0.2, -0.15) is 0 Å². The van der Waals surface area contributed by atoms with Crippen molar-refractivity contribution in [2.24, 2.45) is 17.1 Å². The zero-order valence-electron chi connectivity index (χ0n) is 18.1. The van der Waals surface area contributed by atoms with E-state index in [0.717, 1.165) is 43.8 Å². The minimum Gasteiger partial charge on any atom is -0.489 e. The summed E-state index contributed by atoms with van der Waals surface area (Å²) in [6.45, 7) is 1.81. The molecule has 3 N–H and O–H groups in total. The molecule has 5 rings (SSSR count). The molecule has 6 heteroatoms. The number of pyridine rings is 1. The fraction of sp³-hybridized carbons (Fsp3) is 0.640. The SMILES string of the molecule is NC1(C[C@]2(CC3CCOCC3)CC[C@@H](Oc3cc4cc[nH]c(=O)c4cc3Cl)CC2)CC1. The maximum atomic E-state index is 12.0. The highest BCUT2D eigenvalue weighted by Gasteiger charge is 2.48. The van der Waals surface area contributed by atoms with Gasteiger partial charge in [-0.1, -0.05) is 11.6 Å². The summed E-state index contributed by atoms with van der Waals surface area (Å²) < 4.78 is 12.0. The Bertz CT molecular complexity index is 986. The lowest BCUT2D eigenvalue weighted by atomic mass is 9.64. The average Bonchev–Trinajstić information content (AvgIpc) is 3.48. The van der Waals surface area contributed by atoms with Crippen LogP contribution >= 0.6 is 11.6 Å². The molecule has 1 aliphatic heterocycles. The van der Waals surface area contributed by atoms with E-state index in [4.69, 9.17) is 26.8 Å². The molecule has 2 aromatic rings. The quantitative estimate of drug-likeness (QED) is 0.642. The molecule has 5 nitrogen and oxygen atoms in total. The van der Waals surface area contributed by atoms with E-state index in [9.17, 15) is 4.79 Å². The first-order valence-corrected chi connectivity index (χ1v) is 12.2. The zero-order valence-corrected chi connectivity index (χ0v) is 18.9. The second-order valence-corrected chi connectivity index (χ2v) is 10.7. The second kappa shape index (κ2) is 8.42. The van der Waals surface area contributed by atoms with Gasteiger partial charge in [0.05, 0.1) is 11.1 Å². The van der Waals surface area contributed by atoms with Crippen molar-refractivity contribution in [3.8, 4) is 5.75 Å². The van der Waals surface area contributed by atoms with Gasteiger partial charge in [-0.05, 0) is 99.1 Å². The molecule has 2 heterocycles. The molecule has 1 aromatic carbocycles. The number of fused-ring (bicyclic) bond motifs is 1. The van der Waals surface area contributed by atoms with E-state index in [1.807, 2.05) is 12.1 Å². The van der Waals surface area contributed by atoms with E-state index in [2.05, 4.69) is 4.98 Å². The van der Waals surface area contributed by atoms with Crippen LogP contribution in [0.15, 0.2) is 29.2 Å². The third-order valence-corrected chi connectivity index (χ3v) is 8.09. The summed E-state index contributed by atoms with van der Waals surface area (Å²) in [7, 11) is 0. The number of H-pyrrole nitrogens is 1. The van der Waals surface area contributed by atoms with E-state index >= 15 is 0 Å². The van der Waals surface area contributed by atoms with Crippen LogP contribution in [-0.2, 0) is 4.74 Å². The highest BCUT2D eigenvalue weighted by atomic mass is 35.5. The van der Waals surface area contributed by atoms with Gasteiger partial charge in [-0.25, -0.2) is 0 Å². The molecule has 168 valence electrons. The van der Waals surface area contributed by atoms with E-state index in [1.54, 1.807) is 12.3 Å². The summed E-state index contributed by atoms with van der Waals surface area (Å²) in [5.41, 5.74) is 6.90. The number of halogens is 1. The Balaban J connectivity index is 1.28. The molecule has 2 aliphatic carbocycles. The average molecular weight is 445 g/mol. The molecule has 1 saturated heterocycles. The van der Waals surface area contributed by atoms with Crippen molar-refractivity contribution in [2.45, 2.75) is 75.9 Å². The van der Waals surface area contributed by atoms with Crippen LogP contribution < -0.4 is 16.0 Å². The number of nitrogens with two attached hydrogens (primary N) is 1. The van der Waals surface area contributed by atoms with Gasteiger partial charge in [0, 0.05) is 30.3 Å². The summed E-state index contributed by atoms with van der Waals surface area (Å²) in [5, 5.41) is 1.95. The lowest BCUT2D eigenvalue weighted by Gasteiger charge is -2.44. The largest absolute Gasteiger partial charge is 0.489 e. The van der Waals surface area contributed by atoms with Crippen molar-refractivity contribution in [3.05, 3.63) is 39.8 Å². The molecule has 0 radical (unpaired) electrons. The molecule has 3 fully saturated rings. The maximum absolute atomic E-state index is 12.0. The van der Waals surface area contributed by atoms with Crippen LogP contribution in [0.25, 0.3) is 10.8 Å². The highest BCUT2D eigenvalue weighted by molar-refractivity contribution is 6.32. The Labute approximate surface area is 188 Å². The van der Waals surface area contributed by atoms with E-state index in [-0.39, 0.29) is 17.2 Å². The third-order valence-electron chi connectivity index (χ3n) is 7.79. The van der Waals surface area contributed by atoms with Gasteiger partial charge in [0.2, 0.25) is 0 Å². The van der Waals surface area contributed by atoms with Crippen molar-refractivity contribution in [2.75, 3.05) is 13.2 Å². The molecule has 0 atom stereocenters. The van der Waals surface area contributed by atoms with Gasteiger partial charge in [-0.3, -0.25) is 4.79 Å². The first-order valence-electron chi connectivity index (χ1n) is 11.8. The van der Waals surface area contributed by atoms with Crippen LogP contribution in [0.2, 0.25) is 5.02 Å². The van der Waals surface area contributed by atoms with E-state index < -0.39 is 0 Å². The van der Waals surface area contributed by atoms with Gasteiger partial charge < -0.3 is 20.2 Å². The lowest BCUT2D eigenvalue weighted by Crippen LogP contribution is -2.40. The molecule has 1 aromatic heterocycles. The van der Waals surface area contributed by atoms with Crippen LogP contribution in [0.5, 0.6) is 5.75 Å². The molecule has 3 aliphatic rings. The number of rotatable bonds is 6. The fourth-order valence-corrected chi connectivity index (χ4v) is 6.09. The second-order valence-electron chi connectivity index (χ2n) is 10.3. The Hall–Kier alpha value is -1.56. The van der Waals surface area contributed by atoms with Crippen LogP contribution in [0.4, 0.5) is 0 Å². The predicted molar refractivity (Wildman–Crippen MR) is 124 cm³/mol. The van der Waals surface area contributed by atoms with Crippen LogP contribution in [0.1, 0.15) is 64.2 Å². The normalized spacial score (nSPS) is 28.5. The monoisotopic (exact) mass is 444 g/mol. The van der Waals surface area contributed by atoms with Gasteiger partial charge in [0.1, 0.15) is 5.75 Å². The molecular formula is C25H33ClN2O3. The number of aromatic nitrogens is 1. The summed E-state index contributed by atoms with van der Waals surface area (Å²) >= 11 is 6.47. The van der Waals surface area contributed by atoms with Crippen LogP contribution in [-0.4, -0.2) is 29.8 Å². The third kappa shape index (κ3) is 4.79. The minimum absolute atomic E-state index is 0.0770. The molecule has 0 spiro atoms.